The number of anilines is 1. The monoisotopic (exact) mass is 388 g/mol. The molecule has 0 aromatic heterocycles. The van der Waals surface area contributed by atoms with E-state index in [0.717, 1.165) is 0 Å². The van der Waals surface area contributed by atoms with Crippen LogP contribution in [0.2, 0.25) is 0 Å². The van der Waals surface area contributed by atoms with Crippen LogP contribution in [0, 0.1) is 0 Å². The molecule has 0 saturated carbocycles. The predicted octanol–water partition coefficient (Wildman–Crippen LogP) is 2.63. The van der Waals surface area contributed by atoms with E-state index >= 15 is 0 Å². The molecule has 1 amide bonds. The zero-order valence-corrected chi connectivity index (χ0v) is 15.8. The summed E-state index contributed by atoms with van der Waals surface area (Å²) in [4.78, 5) is 24.3. The molecular weight excluding hydrogens is 368 g/mol. The van der Waals surface area contributed by atoms with Gasteiger partial charge in [-0.25, -0.2) is 4.79 Å². The summed E-state index contributed by atoms with van der Waals surface area (Å²) in [6.07, 6.45) is 0. The maximum atomic E-state index is 12.5. The maximum Gasteiger partial charge on any atom is 0.339 e. The Balaban J connectivity index is 2.07. The summed E-state index contributed by atoms with van der Waals surface area (Å²) in [5, 5.41) is 5.46. The molecule has 0 heterocycles. The third-order valence-electron chi connectivity index (χ3n) is 3.48. The SMILES string of the molecule is COCCOc1ccccc1C(=O)NC(=S)Nc1ccccc1C(=O)OC. The molecule has 2 rings (SSSR count). The first-order valence-electron chi connectivity index (χ1n) is 8.07. The van der Waals surface area contributed by atoms with Gasteiger partial charge in [0.2, 0.25) is 0 Å². The number of thiocarbonyl (C=S) groups is 1. The molecule has 2 aromatic rings. The number of rotatable bonds is 7. The zero-order valence-electron chi connectivity index (χ0n) is 15.0. The molecule has 0 unspecified atom stereocenters. The Labute approximate surface area is 162 Å². The van der Waals surface area contributed by atoms with E-state index < -0.39 is 11.9 Å². The van der Waals surface area contributed by atoms with Crippen LogP contribution < -0.4 is 15.4 Å². The number of carbonyl (C=O) groups excluding carboxylic acids is 2. The molecule has 0 aliphatic heterocycles. The smallest absolute Gasteiger partial charge is 0.339 e. The van der Waals surface area contributed by atoms with Crippen molar-refractivity contribution < 1.29 is 23.8 Å². The summed E-state index contributed by atoms with van der Waals surface area (Å²) in [7, 11) is 2.86. The summed E-state index contributed by atoms with van der Waals surface area (Å²) in [5.41, 5.74) is 1.07. The first kappa shape index (κ1) is 20.3. The van der Waals surface area contributed by atoms with Crippen LogP contribution in [0.1, 0.15) is 20.7 Å². The van der Waals surface area contributed by atoms with Gasteiger partial charge in [-0.05, 0) is 36.5 Å². The van der Waals surface area contributed by atoms with E-state index in [1.165, 1.54) is 7.11 Å². The number of methoxy groups -OCH3 is 2. The predicted molar refractivity (Wildman–Crippen MR) is 105 cm³/mol. The second kappa shape index (κ2) is 10.2. The van der Waals surface area contributed by atoms with Crippen LogP contribution in [0.15, 0.2) is 48.5 Å². The first-order chi connectivity index (χ1) is 13.1. The number of nitrogens with one attached hydrogen (secondary N) is 2. The fourth-order valence-electron chi connectivity index (χ4n) is 2.22. The lowest BCUT2D eigenvalue weighted by Crippen LogP contribution is -2.34. The van der Waals surface area contributed by atoms with Crippen LogP contribution in [-0.2, 0) is 9.47 Å². The molecule has 0 spiro atoms. The Kier molecular flexibility index (Phi) is 7.72. The van der Waals surface area contributed by atoms with E-state index in [2.05, 4.69) is 10.6 Å². The molecule has 0 atom stereocenters. The summed E-state index contributed by atoms with van der Waals surface area (Å²) in [5.74, 6) is -0.523. The zero-order chi connectivity index (χ0) is 19.6. The van der Waals surface area contributed by atoms with Gasteiger partial charge in [-0.3, -0.25) is 10.1 Å². The highest BCUT2D eigenvalue weighted by Gasteiger charge is 2.16. The van der Waals surface area contributed by atoms with Gasteiger partial charge in [0.15, 0.2) is 5.11 Å². The van der Waals surface area contributed by atoms with Crippen molar-refractivity contribution in [2.75, 3.05) is 32.8 Å². The Bertz CT molecular complexity index is 825. The van der Waals surface area contributed by atoms with Crippen molar-refractivity contribution in [2.45, 2.75) is 0 Å². The van der Waals surface area contributed by atoms with Gasteiger partial charge in [0.25, 0.3) is 5.91 Å². The van der Waals surface area contributed by atoms with E-state index in [-0.39, 0.29) is 5.11 Å². The highest BCUT2D eigenvalue weighted by Crippen LogP contribution is 2.19. The average molecular weight is 388 g/mol. The van der Waals surface area contributed by atoms with Crippen molar-refractivity contribution in [3.8, 4) is 5.75 Å². The number of ether oxygens (including phenoxy) is 3. The van der Waals surface area contributed by atoms with E-state index in [1.54, 1.807) is 55.6 Å². The van der Waals surface area contributed by atoms with Crippen LogP contribution >= 0.6 is 12.2 Å². The quantitative estimate of drug-likeness (QED) is 0.428. The third kappa shape index (κ3) is 5.77. The molecule has 0 bridgehead atoms. The number of hydrogen-bond acceptors (Lipinski definition) is 6. The van der Waals surface area contributed by atoms with Crippen LogP contribution in [-0.4, -0.2) is 44.4 Å². The fraction of sp³-hybridized carbons (Fsp3) is 0.211. The minimum atomic E-state index is -0.510. The second-order valence-corrected chi connectivity index (χ2v) is 5.69. The third-order valence-corrected chi connectivity index (χ3v) is 3.69. The van der Waals surface area contributed by atoms with Crippen LogP contribution in [0.3, 0.4) is 0 Å². The molecule has 2 N–H and O–H groups in total. The molecule has 0 saturated heterocycles. The fourth-order valence-corrected chi connectivity index (χ4v) is 2.42. The summed E-state index contributed by atoms with van der Waals surface area (Å²) in [6, 6.07) is 13.5. The van der Waals surface area contributed by atoms with Crippen molar-refractivity contribution in [1.82, 2.24) is 5.32 Å². The lowest BCUT2D eigenvalue weighted by Gasteiger charge is -2.14. The molecule has 0 radical (unpaired) electrons. The van der Waals surface area contributed by atoms with Gasteiger partial charge in [-0.2, -0.15) is 0 Å². The van der Waals surface area contributed by atoms with Gasteiger partial charge >= 0.3 is 5.97 Å². The minimum absolute atomic E-state index is 0.0445. The highest BCUT2D eigenvalue weighted by molar-refractivity contribution is 7.80. The van der Waals surface area contributed by atoms with E-state index in [0.29, 0.717) is 35.8 Å². The summed E-state index contributed by atoms with van der Waals surface area (Å²) >= 11 is 5.19. The van der Waals surface area contributed by atoms with Gasteiger partial charge in [-0.1, -0.05) is 24.3 Å². The number of para-hydroxylation sites is 2. The van der Waals surface area contributed by atoms with Gasteiger partial charge in [0.1, 0.15) is 12.4 Å². The molecule has 0 aliphatic carbocycles. The lowest BCUT2D eigenvalue weighted by molar-refractivity contribution is 0.0602. The van der Waals surface area contributed by atoms with Gasteiger partial charge in [0.05, 0.1) is 30.5 Å². The van der Waals surface area contributed by atoms with Gasteiger partial charge in [-0.15, -0.1) is 0 Å². The van der Waals surface area contributed by atoms with Crippen LogP contribution in [0.5, 0.6) is 5.75 Å². The van der Waals surface area contributed by atoms with Gasteiger partial charge in [0, 0.05) is 7.11 Å². The molecule has 8 heteroatoms. The van der Waals surface area contributed by atoms with E-state index in [4.69, 9.17) is 26.4 Å². The highest BCUT2D eigenvalue weighted by atomic mass is 32.1. The van der Waals surface area contributed by atoms with Crippen molar-refractivity contribution >= 4 is 34.9 Å². The Morgan fingerprint density at radius 1 is 0.963 bits per heavy atom. The molecule has 7 nitrogen and oxygen atoms in total. The number of carbonyl (C=O) groups is 2. The number of amides is 1. The Hall–Kier alpha value is -2.97. The van der Waals surface area contributed by atoms with E-state index in [1.807, 2.05) is 0 Å². The average Bonchev–Trinajstić information content (AvgIpc) is 2.68. The standard InChI is InChI=1S/C19H20N2O5S/c1-24-11-12-26-16-10-6-4-8-14(16)17(22)21-19(27)20-15-9-5-3-7-13(15)18(23)25-2/h3-10H,11-12H2,1-2H3,(H2,20,21,22,27). The van der Waals surface area contributed by atoms with Crippen molar-refractivity contribution in [3.05, 3.63) is 59.7 Å². The molecule has 2 aromatic carbocycles. The largest absolute Gasteiger partial charge is 0.490 e. The summed E-state index contributed by atoms with van der Waals surface area (Å²) < 4.78 is 15.2. The Morgan fingerprint density at radius 3 is 2.33 bits per heavy atom. The molecular formula is C19H20N2O5S. The Morgan fingerprint density at radius 2 is 1.63 bits per heavy atom. The second-order valence-electron chi connectivity index (χ2n) is 5.28. The van der Waals surface area contributed by atoms with Gasteiger partial charge < -0.3 is 19.5 Å². The molecule has 0 fully saturated rings. The minimum Gasteiger partial charge on any atom is -0.490 e. The van der Waals surface area contributed by atoms with Crippen molar-refractivity contribution in [1.29, 1.82) is 0 Å². The summed E-state index contributed by atoms with van der Waals surface area (Å²) in [6.45, 7) is 0.718. The number of hydrogen-bond donors (Lipinski definition) is 2. The van der Waals surface area contributed by atoms with Crippen LogP contribution in [0.25, 0.3) is 0 Å². The van der Waals surface area contributed by atoms with E-state index in [9.17, 15) is 9.59 Å². The van der Waals surface area contributed by atoms with Crippen molar-refractivity contribution in [2.24, 2.45) is 0 Å². The maximum absolute atomic E-state index is 12.5. The van der Waals surface area contributed by atoms with Crippen molar-refractivity contribution in [3.63, 3.8) is 0 Å². The van der Waals surface area contributed by atoms with Crippen LogP contribution in [0.4, 0.5) is 5.69 Å². The topological polar surface area (TPSA) is 85.9 Å². The molecule has 0 aliphatic rings. The molecule has 142 valence electrons. The lowest BCUT2D eigenvalue weighted by atomic mass is 10.2. The number of esters is 1. The first-order valence-corrected chi connectivity index (χ1v) is 8.48. The molecule has 27 heavy (non-hydrogen) atoms. The number of benzene rings is 2. The normalized spacial score (nSPS) is 10.0.